The monoisotopic (exact) mass is 373 g/mol. The lowest BCUT2D eigenvalue weighted by atomic mass is 9.64. The Morgan fingerprint density at radius 3 is 2.65 bits per heavy atom. The van der Waals surface area contributed by atoms with Crippen molar-refractivity contribution in [2.45, 2.75) is 37.6 Å². The zero-order valence-corrected chi connectivity index (χ0v) is 15.2. The normalized spacial score (nSPS) is 18.0. The fourth-order valence-corrected chi connectivity index (χ4v) is 4.62. The third kappa shape index (κ3) is 3.03. The van der Waals surface area contributed by atoms with Gasteiger partial charge in [0.2, 0.25) is 0 Å². The smallest absolute Gasteiger partial charge is 0.317 e. The molecule has 1 aliphatic carbocycles. The van der Waals surface area contributed by atoms with Crippen molar-refractivity contribution in [1.29, 1.82) is 0 Å². The van der Waals surface area contributed by atoms with Crippen LogP contribution in [0.1, 0.15) is 35.3 Å². The second-order valence-electron chi connectivity index (χ2n) is 6.95. The number of carbonyl (C=O) groups excluding carboxylic acids is 2. The van der Waals surface area contributed by atoms with E-state index < -0.39 is 5.41 Å². The molecule has 136 valence electrons. The van der Waals surface area contributed by atoms with Crippen molar-refractivity contribution >= 4 is 23.2 Å². The van der Waals surface area contributed by atoms with E-state index in [1.807, 2.05) is 11.4 Å². The van der Waals surface area contributed by atoms with Crippen molar-refractivity contribution in [2.75, 3.05) is 13.2 Å². The van der Waals surface area contributed by atoms with Gasteiger partial charge in [-0.1, -0.05) is 18.6 Å². The highest BCUT2D eigenvalue weighted by Gasteiger charge is 2.47. The lowest BCUT2D eigenvalue weighted by Crippen LogP contribution is -2.45. The van der Waals surface area contributed by atoms with Gasteiger partial charge in [-0.3, -0.25) is 9.59 Å². The summed E-state index contributed by atoms with van der Waals surface area (Å²) in [5, 5.41) is 2.04. The van der Waals surface area contributed by atoms with Gasteiger partial charge in [-0.05, 0) is 54.0 Å². The zero-order valence-electron chi connectivity index (χ0n) is 14.4. The van der Waals surface area contributed by atoms with E-state index in [0.29, 0.717) is 25.9 Å². The van der Waals surface area contributed by atoms with Crippen molar-refractivity contribution in [3.05, 3.63) is 57.5 Å². The molecule has 0 N–H and O–H groups in total. The number of hydrogen-bond acceptors (Lipinski definition) is 4. The topological polar surface area (TPSA) is 46.6 Å². The average molecular weight is 373 g/mol. The van der Waals surface area contributed by atoms with E-state index in [1.54, 1.807) is 28.4 Å². The minimum atomic E-state index is -0.726. The fourth-order valence-electron chi connectivity index (χ4n) is 3.73. The summed E-state index contributed by atoms with van der Waals surface area (Å²) in [6, 6.07) is 8.05. The van der Waals surface area contributed by atoms with Crippen LogP contribution in [0.15, 0.2) is 35.7 Å². The molecule has 6 heteroatoms. The van der Waals surface area contributed by atoms with Gasteiger partial charge in [0.25, 0.3) is 5.91 Å². The molecule has 4 nitrogen and oxygen atoms in total. The van der Waals surface area contributed by atoms with Gasteiger partial charge in [0, 0.05) is 18.0 Å². The Morgan fingerprint density at radius 1 is 1.19 bits per heavy atom. The van der Waals surface area contributed by atoms with E-state index in [4.69, 9.17) is 4.74 Å². The molecule has 0 bridgehead atoms. The molecule has 1 aliphatic heterocycles. The average Bonchev–Trinajstić information content (AvgIpc) is 3.08. The maximum atomic E-state index is 13.2. The molecule has 1 amide bonds. The third-order valence-corrected chi connectivity index (χ3v) is 6.50. The molecule has 4 rings (SSSR count). The molecule has 1 aromatic heterocycles. The Hall–Kier alpha value is -2.21. The lowest BCUT2D eigenvalue weighted by Gasteiger charge is -2.39. The summed E-state index contributed by atoms with van der Waals surface area (Å²) in [5.41, 5.74) is 1.22. The Morgan fingerprint density at radius 2 is 1.96 bits per heavy atom. The quantitative estimate of drug-likeness (QED) is 0.772. The molecule has 1 aromatic carbocycles. The Bertz CT molecular complexity index is 826. The van der Waals surface area contributed by atoms with Crippen molar-refractivity contribution in [3.8, 4) is 0 Å². The molecule has 0 spiro atoms. The molecule has 0 saturated heterocycles. The molecular weight excluding hydrogens is 353 g/mol. The van der Waals surface area contributed by atoms with Crippen molar-refractivity contribution < 1.29 is 18.7 Å². The Kier molecular flexibility index (Phi) is 4.53. The SMILES string of the molecule is O=C(COC(=O)C1(c2ccc(F)cc2)CCC1)N1CCc2sccc2C1. The molecule has 2 aliphatic rings. The van der Waals surface area contributed by atoms with Crippen molar-refractivity contribution in [2.24, 2.45) is 0 Å². The molecular formula is C20H20FNO3S. The van der Waals surface area contributed by atoms with Gasteiger partial charge in [0.1, 0.15) is 5.82 Å². The summed E-state index contributed by atoms with van der Waals surface area (Å²) in [4.78, 5) is 28.2. The zero-order chi connectivity index (χ0) is 18.1. The van der Waals surface area contributed by atoms with Crippen LogP contribution in [0.5, 0.6) is 0 Å². The number of esters is 1. The van der Waals surface area contributed by atoms with Crippen molar-refractivity contribution in [3.63, 3.8) is 0 Å². The fraction of sp³-hybridized carbons (Fsp3) is 0.400. The second-order valence-corrected chi connectivity index (χ2v) is 7.95. The molecule has 2 aromatic rings. The van der Waals surface area contributed by atoms with E-state index in [0.717, 1.165) is 18.4 Å². The number of hydrogen-bond donors (Lipinski definition) is 0. The van der Waals surface area contributed by atoms with Crippen LogP contribution >= 0.6 is 11.3 Å². The van der Waals surface area contributed by atoms with E-state index in [2.05, 4.69) is 0 Å². The second kappa shape index (κ2) is 6.83. The summed E-state index contributed by atoms with van der Waals surface area (Å²) in [6.07, 6.45) is 3.13. The maximum Gasteiger partial charge on any atom is 0.317 e. The van der Waals surface area contributed by atoms with E-state index in [-0.39, 0.29) is 24.3 Å². The predicted octanol–water partition coefficient (Wildman–Crippen LogP) is 3.44. The summed E-state index contributed by atoms with van der Waals surface area (Å²) >= 11 is 1.72. The Balaban J connectivity index is 1.39. The van der Waals surface area contributed by atoms with Gasteiger partial charge in [-0.2, -0.15) is 0 Å². The number of nitrogens with zero attached hydrogens (tertiary/aromatic N) is 1. The molecule has 0 atom stereocenters. The summed E-state index contributed by atoms with van der Waals surface area (Å²) in [6.45, 7) is 1.01. The van der Waals surface area contributed by atoms with Gasteiger partial charge in [0.05, 0.1) is 5.41 Å². The number of fused-ring (bicyclic) bond motifs is 1. The number of benzene rings is 1. The minimum Gasteiger partial charge on any atom is -0.455 e. The number of thiophene rings is 1. The van der Waals surface area contributed by atoms with Crippen LogP contribution in [0.25, 0.3) is 0 Å². The van der Waals surface area contributed by atoms with Crippen LogP contribution in [0.4, 0.5) is 4.39 Å². The summed E-state index contributed by atoms with van der Waals surface area (Å²) in [5.74, 6) is -0.870. The minimum absolute atomic E-state index is 0.163. The lowest BCUT2D eigenvalue weighted by molar-refractivity contribution is -0.160. The van der Waals surface area contributed by atoms with Crippen LogP contribution in [-0.2, 0) is 32.7 Å². The van der Waals surface area contributed by atoms with Gasteiger partial charge < -0.3 is 9.64 Å². The predicted molar refractivity (Wildman–Crippen MR) is 96.3 cm³/mol. The summed E-state index contributed by atoms with van der Waals surface area (Å²) < 4.78 is 18.6. The number of carbonyl (C=O) groups is 2. The molecule has 2 heterocycles. The van der Waals surface area contributed by atoms with Gasteiger partial charge >= 0.3 is 5.97 Å². The number of halogens is 1. The summed E-state index contributed by atoms with van der Waals surface area (Å²) in [7, 11) is 0. The Labute approximate surface area is 155 Å². The molecule has 1 saturated carbocycles. The first-order chi connectivity index (χ1) is 12.6. The van der Waals surface area contributed by atoms with E-state index in [1.165, 1.54) is 22.6 Å². The first kappa shape index (κ1) is 17.2. The van der Waals surface area contributed by atoms with E-state index >= 15 is 0 Å². The number of ether oxygens (including phenoxy) is 1. The highest BCUT2D eigenvalue weighted by atomic mass is 32.1. The molecule has 26 heavy (non-hydrogen) atoms. The van der Waals surface area contributed by atoms with Crippen LogP contribution in [0.3, 0.4) is 0 Å². The molecule has 0 unspecified atom stereocenters. The van der Waals surface area contributed by atoms with Crippen molar-refractivity contribution in [1.82, 2.24) is 4.90 Å². The first-order valence-electron chi connectivity index (χ1n) is 8.85. The highest BCUT2D eigenvalue weighted by molar-refractivity contribution is 7.10. The molecule has 0 radical (unpaired) electrons. The van der Waals surface area contributed by atoms with Crippen LogP contribution in [-0.4, -0.2) is 29.9 Å². The highest BCUT2D eigenvalue weighted by Crippen LogP contribution is 2.44. The maximum absolute atomic E-state index is 13.2. The first-order valence-corrected chi connectivity index (χ1v) is 9.73. The van der Waals surface area contributed by atoms with Gasteiger partial charge in [-0.25, -0.2) is 4.39 Å². The number of rotatable bonds is 4. The van der Waals surface area contributed by atoms with Crippen LogP contribution in [0.2, 0.25) is 0 Å². The van der Waals surface area contributed by atoms with Gasteiger partial charge in [-0.15, -0.1) is 11.3 Å². The van der Waals surface area contributed by atoms with E-state index in [9.17, 15) is 14.0 Å². The molecule has 1 fully saturated rings. The van der Waals surface area contributed by atoms with Crippen LogP contribution in [0, 0.1) is 5.82 Å². The number of amides is 1. The van der Waals surface area contributed by atoms with Crippen LogP contribution < -0.4 is 0 Å². The third-order valence-electron chi connectivity index (χ3n) is 5.48. The largest absolute Gasteiger partial charge is 0.455 e. The van der Waals surface area contributed by atoms with Gasteiger partial charge in [0.15, 0.2) is 6.61 Å². The standard InChI is InChI=1S/C20H20FNO3S/c21-16-4-2-15(3-5-16)20(8-1-9-20)19(24)25-13-18(23)22-10-6-17-14(12-22)7-11-26-17/h2-5,7,11H,1,6,8-10,12-13H2.